The van der Waals surface area contributed by atoms with Gasteiger partial charge in [-0.25, -0.2) is 9.59 Å². The molecule has 2 rings (SSSR count). The third-order valence-electron chi connectivity index (χ3n) is 6.57. The maximum Gasteiger partial charge on any atom is 0.408 e. The molecule has 0 unspecified atom stereocenters. The first-order valence-corrected chi connectivity index (χ1v) is 15.2. The molecule has 1 aromatic heterocycles. The molecular weight excluding hydrogens is 596 g/mol. The van der Waals surface area contributed by atoms with Crippen LogP contribution in [0.5, 0.6) is 0 Å². The van der Waals surface area contributed by atoms with Crippen LogP contribution in [0.2, 0.25) is 0 Å². The molecule has 3 amide bonds. The first-order valence-electron chi connectivity index (χ1n) is 15.2. The van der Waals surface area contributed by atoms with Crippen LogP contribution in [-0.4, -0.2) is 58.2 Å². The lowest BCUT2D eigenvalue weighted by molar-refractivity contribution is -0.141. The Morgan fingerprint density at radius 1 is 0.935 bits per heavy atom. The molecule has 250 valence electrons. The van der Waals surface area contributed by atoms with Crippen LogP contribution >= 0.6 is 0 Å². The normalized spacial score (nSPS) is 12.4. The molecule has 2 aromatic rings. The Kier molecular flexibility index (Phi) is 15.7. The minimum atomic E-state index is -1.18. The number of rotatable bonds is 18. The molecule has 0 radical (unpaired) electrons. The average Bonchev–Trinajstić information content (AvgIpc) is 2.99. The average molecular weight is 641 g/mol. The fourth-order valence-electron chi connectivity index (χ4n) is 4.22. The number of alkyl carbamates (subject to hydrolysis) is 1. The van der Waals surface area contributed by atoms with Crippen LogP contribution in [-0.2, 0) is 35.3 Å². The van der Waals surface area contributed by atoms with Crippen molar-refractivity contribution in [3.05, 3.63) is 76.7 Å². The Morgan fingerprint density at radius 3 is 2.30 bits per heavy atom. The van der Waals surface area contributed by atoms with E-state index < -0.39 is 47.5 Å². The molecule has 0 saturated carbocycles. The van der Waals surface area contributed by atoms with E-state index in [1.165, 1.54) is 30.5 Å². The standard InChI is InChI=1S/C33H44N4O9/c1-22(2)18-19-34-31(42)27(16-17-28(38)39)37-20-10-14-26(32(37)43)35-30(41)25(13-8-9-15-29(40)46-23(3)4)36-33(44)45-21-24-11-6-5-7-12-24/h5-7,9-12,14-15,20,22-23,25,27H,8,13,16-19,21H2,1-4H3,(H,34,42)(H,35,41)(H,36,44)(H,38,39)/t25-,27-/m0/s1. The van der Waals surface area contributed by atoms with Crippen LogP contribution in [0.15, 0.2) is 65.6 Å². The van der Waals surface area contributed by atoms with E-state index in [1.54, 1.807) is 38.1 Å². The molecule has 4 N–H and O–H groups in total. The van der Waals surface area contributed by atoms with E-state index in [0.717, 1.165) is 10.1 Å². The summed E-state index contributed by atoms with van der Waals surface area (Å²) in [5.41, 5.74) is -0.170. The van der Waals surface area contributed by atoms with E-state index in [1.807, 2.05) is 19.9 Å². The molecule has 0 spiro atoms. The summed E-state index contributed by atoms with van der Waals surface area (Å²) in [6.07, 6.45) is 3.32. The number of carboxylic acid groups (broad SMARTS) is 1. The number of nitrogens with one attached hydrogen (secondary N) is 3. The van der Waals surface area contributed by atoms with Gasteiger partial charge in [-0.3, -0.25) is 19.2 Å². The lowest BCUT2D eigenvalue weighted by Crippen LogP contribution is -2.45. The molecule has 13 heteroatoms. The highest BCUT2D eigenvalue weighted by atomic mass is 16.5. The predicted octanol–water partition coefficient (Wildman–Crippen LogP) is 3.94. The van der Waals surface area contributed by atoms with Crippen molar-refractivity contribution < 1.29 is 38.6 Å². The molecule has 0 saturated heterocycles. The summed E-state index contributed by atoms with van der Waals surface area (Å²) in [7, 11) is 0. The van der Waals surface area contributed by atoms with Crippen molar-refractivity contribution in [2.75, 3.05) is 11.9 Å². The van der Waals surface area contributed by atoms with E-state index >= 15 is 0 Å². The zero-order valence-corrected chi connectivity index (χ0v) is 26.7. The minimum Gasteiger partial charge on any atom is -0.481 e. The van der Waals surface area contributed by atoms with Crippen LogP contribution in [0.4, 0.5) is 10.5 Å². The van der Waals surface area contributed by atoms with Gasteiger partial charge in [0.05, 0.1) is 6.10 Å². The van der Waals surface area contributed by atoms with E-state index in [-0.39, 0.29) is 44.1 Å². The molecule has 0 fully saturated rings. The van der Waals surface area contributed by atoms with Crippen LogP contribution in [0.25, 0.3) is 0 Å². The Hall–Kier alpha value is -4.94. The predicted molar refractivity (Wildman–Crippen MR) is 171 cm³/mol. The second kappa shape index (κ2) is 19.4. The van der Waals surface area contributed by atoms with E-state index in [4.69, 9.17) is 9.47 Å². The molecule has 1 heterocycles. The van der Waals surface area contributed by atoms with Crippen LogP contribution in [0.3, 0.4) is 0 Å². The first kappa shape index (κ1) is 37.2. The van der Waals surface area contributed by atoms with Gasteiger partial charge in [-0.1, -0.05) is 50.3 Å². The molecular formula is C33H44N4O9. The fourth-order valence-corrected chi connectivity index (χ4v) is 4.22. The van der Waals surface area contributed by atoms with Crippen molar-refractivity contribution in [2.24, 2.45) is 5.92 Å². The first-order chi connectivity index (χ1) is 21.9. The summed E-state index contributed by atoms with van der Waals surface area (Å²) in [4.78, 5) is 75.6. The SMILES string of the molecule is CC(C)CCNC(=O)[C@H](CCC(=O)O)n1cccc(NC(=O)[C@H](CCC=CC(=O)OC(C)C)NC(=O)OCc2ccccc2)c1=O. The van der Waals surface area contributed by atoms with Crippen molar-refractivity contribution in [1.29, 1.82) is 0 Å². The summed E-state index contributed by atoms with van der Waals surface area (Å²) in [6.45, 7) is 7.72. The second-order valence-electron chi connectivity index (χ2n) is 11.3. The van der Waals surface area contributed by atoms with E-state index in [2.05, 4.69) is 16.0 Å². The quantitative estimate of drug-likeness (QED) is 0.139. The Bertz CT molecular complexity index is 1400. The third kappa shape index (κ3) is 13.8. The van der Waals surface area contributed by atoms with Gasteiger partial charge in [0.1, 0.15) is 24.4 Å². The molecule has 0 aliphatic rings. The largest absolute Gasteiger partial charge is 0.481 e. The number of anilines is 1. The van der Waals surface area contributed by atoms with Crippen molar-refractivity contribution in [3.8, 4) is 0 Å². The summed E-state index contributed by atoms with van der Waals surface area (Å²) in [5, 5.41) is 17.0. The lowest BCUT2D eigenvalue weighted by Gasteiger charge is -2.21. The second-order valence-corrected chi connectivity index (χ2v) is 11.3. The van der Waals surface area contributed by atoms with Gasteiger partial charge in [-0.2, -0.15) is 0 Å². The smallest absolute Gasteiger partial charge is 0.408 e. The van der Waals surface area contributed by atoms with Gasteiger partial charge in [0.2, 0.25) is 11.8 Å². The Morgan fingerprint density at radius 2 is 1.65 bits per heavy atom. The number of nitrogens with zero attached hydrogens (tertiary/aromatic N) is 1. The number of ether oxygens (including phenoxy) is 2. The zero-order valence-electron chi connectivity index (χ0n) is 26.7. The monoisotopic (exact) mass is 640 g/mol. The zero-order chi connectivity index (χ0) is 34.1. The number of aliphatic carboxylic acids is 1. The number of carboxylic acids is 1. The molecule has 0 aliphatic heterocycles. The number of allylic oxidation sites excluding steroid dienone is 1. The number of hydrogen-bond acceptors (Lipinski definition) is 8. The maximum atomic E-state index is 13.5. The number of hydrogen-bond donors (Lipinski definition) is 4. The summed E-state index contributed by atoms with van der Waals surface area (Å²) >= 11 is 0. The number of benzene rings is 1. The highest BCUT2D eigenvalue weighted by Crippen LogP contribution is 2.15. The van der Waals surface area contributed by atoms with Crippen LogP contribution in [0.1, 0.15) is 71.4 Å². The van der Waals surface area contributed by atoms with Crippen molar-refractivity contribution in [3.63, 3.8) is 0 Å². The van der Waals surface area contributed by atoms with Gasteiger partial charge in [0.25, 0.3) is 5.56 Å². The number of esters is 1. The molecule has 46 heavy (non-hydrogen) atoms. The van der Waals surface area contributed by atoms with Gasteiger partial charge in [-0.15, -0.1) is 0 Å². The van der Waals surface area contributed by atoms with E-state index in [9.17, 15) is 33.9 Å². The molecule has 0 bridgehead atoms. The van der Waals surface area contributed by atoms with Gasteiger partial charge in [-0.05, 0) is 63.1 Å². The minimum absolute atomic E-state index is 0.0394. The molecule has 2 atom stereocenters. The highest BCUT2D eigenvalue weighted by molar-refractivity contribution is 5.96. The van der Waals surface area contributed by atoms with Crippen LogP contribution < -0.4 is 21.5 Å². The topological polar surface area (TPSA) is 182 Å². The summed E-state index contributed by atoms with van der Waals surface area (Å²) in [6, 6.07) is 9.42. The third-order valence-corrected chi connectivity index (χ3v) is 6.57. The van der Waals surface area contributed by atoms with Gasteiger partial charge in [0.15, 0.2) is 0 Å². The lowest BCUT2D eigenvalue weighted by atomic mass is 10.1. The van der Waals surface area contributed by atoms with Crippen molar-refractivity contribution in [2.45, 2.75) is 84.6 Å². The van der Waals surface area contributed by atoms with Gasteiger partial charge >= 0.3 is 18.0 Å². The summed E-state index contributed by atoms with van der Waals surface area (Å²) < 4.78 is 11.4. The number of aromatic nitrogens is 1. The number of carbonyl (C=O) groups is 5. The van der Waals surface area contributed by atoms with E-state index in [0.29, 0.717) is 18.9 Å². The summed E-state index contributed by atoms with van der Waals surface area (Å²) in [5.74, 6) is -2.62. The fraction of sp³-hybridized carbons (Fsp3) is 0.455. The molecule has 13 nitrogen and oxygen atoms in total. The van der Waals surface area contributed by atoms with Gasteiger partial charge < -0.3 is 35.1 Å². The number of carbonyl (C=O) groups excluding carboxylic acids is 4. The van der Waals surface area contributed by atoms with Crippen LogP contribution in [0, 0.1) is 5.92 Å². The number of pyridine rings is 1. The maximum absolute atomic E-state index is 13.5. The molecule has 0 aliphatic carbocycles. The Labute approximate surface area is 268 Å². The highest BCUT2D eigenvalue weighted by Gasteiger charge is 2.26. The van der Waals surface area contributed by atoms with Crippen molar-refractivity contribution >= 4 is 35.5 Å². The number of amides is 3. The molecule has 1 aromatic carbocycles. The Balaban J connectivity index is 2.24. The van der Waals surface area contributed by atoms with Crippen molar-refractivity contribution in [1.82, 2.24) is 15.2 Å². The van der Waals surface area contributed by atoms with Gasteiger partial charge in [0, 0.05) is 25.2 Å².